The molecule has 0 amide bonds. The number of aromatic amines is 1. The molecule has 1 saturated carbocycles. The number of aromatic nitrogens is 2. The van der Waals surface area contributed by atoms with Gasteiger partial charge in [-0.2, -0.15) is 4.31 Å². The van der Waals surface area contributed by atoms with Crippen LogP contribution in [0.3, 0.4) is 0 Å². The Morgan fingerprint density at radius 2 is 1.89 bits per heavy atom. The Kier molecular flexibility index (Phi) is 5.58. The number of hydrogen-bond acceptors (Lipinski definition) is 4. The highest BCUT2D eigenvalue weighted by atomic mass is 32.2. The zero-order valence-corrected chi connectivity index (χ0v) is 16.9. The summed E-state index contributed by atoms with van der Waals surface area (Å²) in [7, 11) is -0.771. The van der Waals surface area contributed by atoms with Crippen LogP contribution >= 0.6 is 0 Å². The predicted molar refractivity (Wildman–Crippen MR) is 105 cm³/mol. The minimum Gasteiger partial charge on any atom is -0.307 e. The Hall–Kier alpha value is -1.93. The monoisotopic (exact) mass is 393 g/mol. The van der Waals surface area contributed by atoms with Crippen molar-refractivity contribution in [3.05, 3.63) is 39.0 Å². The molecule has 1 N–H and O–H groups in total. The van der Waals surface area contributed by atoms with Crippen molar-refractivity contribution >= 4 is 20.9 Å². The van der Waals surface area contributed by atoms with E-state index < -0.39 is 21.3 Å². The SMILES string of the molecule is CC(CC1CCCCC1)N(C)S(=O)(=O)c1ccc2[nH]c(=O)n(C)c(=O)c2c1. The summed E-state index contributed by atoms with van der Waals surface area (Å²) in [5.41, 5.74) is -0.704. The molecule has 1 aliphatic carbocycles. The molecule has 1 fully saturated rings. The lowest BCUT2D eigenvalue weighted by atomic mass is 9.85. The van der Waals surface area contributed by atoms with Crippen molar-refractivity contribution in [2.24, 2.45) is 13.0 Å². The van der Waals surface area contributed by atoms with Crippen LogP contribution in [0.1, 0.15) is 45.4 Å². The van der Waals surface area contributed by atoms with Crippen LogP contribution in [0.4, 0.5) is 0 Å². The first-order valence-electron chi connectivity index (χ1n) is 9.43. The average molecular weight is 394 g/mol. The molecule has 1 heterocycles. The van der Waals surface area contributed by atoms with Gasteiger partial charge < -0.3 is 4.98 Å². The fraction of sp³-hybridized carbons (Fsp3) is 0.579. The number of fused-ring (bicyclic) bond motifs is 1. The summed E-state index contributed by atoms with van der Waals surface area (Å²) in [5, 5.41) is 0.187. The fourth-order valence-corrected chi connectivity index (χ4v) is 5.30. The van der Waals surface area contributed by atoms with E-state index in [2.05, 4.69) is 4.98 Å². The molecule has 0 bridgehead atoms. The molecule has 1 aromatic heterocycles. The topological polar surface area (TPSA) is 92.2 Å². The highest BCUT2D eigenvalue weighted by Gasteiger charge is 2.28. The van der Waals surface area contributed by atoms with E-state index in [1.807, 2.05) is 6.92 Å². The van der Waals surface area contributed by atoms with Crippen LogP contribution in [-0.2, 0) is 17.1 Å². The average Bonchev–Trinajstić information content (AvgIpc) is 2.66. The van der Waals surface area contributed by atoms with Gasteiger partial charge in [0, 0.05) is 20.1 Å². The second-order valence-corrected chi connectivity index (χ2v) is 9.61. The summed E-state index contributed by atoms with van der Waals surface area (Å²) in [6, 6.07) is 4.15. The minimum atomic E-state index is -3.73. The summed E-state index contributed by atoms with van der Waals surface area (Å²) >= 11 is 0. The van der Waals surface area contributed by atoms with E-state index in [1.165, 1.54) is 48.8 Å². The largest absolute Gasteiger partial charge is 0.328 e. The van der Waals surface area contributed by atoms with Gasteiger partial charge in [-0.1, -0.05) is 32.1 Å². The maximum Gasteiger partial charge on any atom is 0.328 e. The number of benzene rings is 1. The zero-order chi connectivity index (χ0) is 19.8. The molecule has 27 heavy (non-hydrogen) atoms. The molecule has 0 saturated heterocycles. The quantitative estimate of drug-likeness (QED) is 0.843. The Balaban J connectivity index is 1.91. The Morgan fingerprint density at radius 1 is 1.22 bits per heavy atom. The smallest absolute Gasteiger partial charge is 0.307 e. The lowest BCUT2D eigenvalue weighted by Crippen LogP contribution is -2.37. The lowest BCUT2D eigenvalue weighted by molar-refractivity contribution is 0.267. The number of rotatable bonds is 5. The van der Waals surface area contributed by atoms with Gasteiger partial charge in [0.25, 0.3) is 5.56 Å². The van der Waals surface area contributed by atoms with Gasteiger partial charge in [-0.3, -0.25) is 9.36 Å². The van der Waals surface area contributed by atoms with Crippen molar-refractivity contribution in [1.29, 1.82) is 0 Å². The normalized spacial score (nSPS) is 17.5. The van der Waals surface area contributed by atoms with Gasteiger partial charge in [0.05, 0.1) is 15.8 Å². The van der Waals surface area contributed by atoms with Crippen molar-refractivity contribution in [3.63, 3.8) is 0 Å². The van der Waals surface area contributed by atoms with Crippen LogP contribution in [0.15, 0.2) is 32.7 Å². The Labute approximate surface area is 159 Å². The first-order chi connectivity index (χ1) is 12.7. The second kappa shape index (κ2) is 7.59. The molecular weight excluding hydrogens is 366 g/mol. The highest BCUT2D eigenvalue weighted by molar-refractivity contribution is 7.89. The van der Waals surface area contributed by atoms with Crippen molar-refractivity contribution in [1.82, 2.24) is 13.9 Å². The summed E-state index contributed by atoms with van der Waals surface area (Å²) in [6.45, 7) is 1.93. The molecule has 3 rings (SSSR count). The van der Waals surface area contributed by atoms with E-state index in [0.29, 0.717) is 11.4 Å². The van der Waals surface area contributed by atoms with E-state index in [9.17, 15) is 18.0 Å². The number of hydrogen-bond donors (Lipinski definition) is 1. The standard InChI is InChI=1S/C19H27N3O4S/c1-13(11-14-7-5-4-6-8-14)22(3)27(25,26)15-9-10-17-16(12-15)18(23)21(2)19(24)20-17/h9-10,12-14H,4-8,11H2,1-3H3,(H,20,24). The van der Waals surface area contributed by atoms with Gasteiger partial charge in [0.1, 0.15) is 0 Å². The highest BCUT2D eigenvalue weighted by Crippen LogP contribution is 2.29. The van der Waals surface area contributed by atoms with Crippen molar-refractivity contribution in [2.75, 3.05) is 7.05 Å². The predicted octanol–water partition coefficient (Wildman–Crippen LogP) is 2.21. The number of nitrogens with one attached hydrogen (secondary N) is 1. The molecule has 1 aromatic carbocycles. The van der Waals surface area contributed by atoms with E-state index in [4.69, 9.17) is 0 Å². The third kappa shape index (κ3) is 3.87. The van der Waals surface area contributed by atoms with Gasteiger partial charge in [0.2, 0.25) is 10.0 Å². The van der Waals surface area contributed by atoms with Crippen LogP contribution in [0.2, 0.25) is 0 Å². The maximum absolute atomic E-state index is 13.1. The summed E-state index contributed by atoms with van der Waals surface area (Å²) in [5.74, 6) is 0.570. The van der Waals surface area contributed by atoms with Crippen LogP contribution in [0.5, 0.6) is 0 Å². The molecule has 8 heteroatoms. The van der Waals surface area contributed by atoms with Gasteiger partial charge in [-0.15, -0.1) is 0 Å². The molecule has 2 aromatic rings. The van der Waals surface area contributed by atoms with E-state index in [1.54, 1.807) is 7.05 Å². The van der Waals surface area contributed by atoms with Crippen LogP contribution < -0.4 is 11.2 Å². The molecule has 0 spiro atoms. The van der Waals surface area contributed by atoms with E-state index in [-0.39, 0.29) is 16.3 Å². The second-order valence-electron chi connectivity index (χ2n) is 7.61. The molecule has 1 aliphatic rings. The first kappa shape index (κ1) is 19.8. The zero-order valence-electron chi connectivity index (χ0n) is 16.1. The molecule has 148 valence electrons. The van der Waals surface area contributed by atoms with Gasteiger partial charge >= 0.3 is 5.69 Å². The Morgan fingerprint density at radius 3 is 2.56 bits per heavy atom. The summed E-state index contributed by atoms with van der Waals surface area (Å²) < 4.78 is 28.5. The number of nitrogens with zero attached hydrogens (tertiary/aromatic N) is 2. The number of sulfonamides is 1. The van der Waals surface area contributed by atoms with Gasteiger partial charge in [-0.25, -0.2) is 13.2 Å². The van der Waals surface area contributed by atoms with Gasteiger partial charge in [0.15, 0.2) is 0 Å². The van der Waals surface area contributed by atoms with Crippen molar-refractivity contribution in [3.8, 4) is 0 Å². The van der Waals surface area contributed by atoms with E-state index >= 15 is 0 Å². The van der Waals surface area contributed by atoms with Crippen LogP contribution in [0, 0.1) is 5.92 Å². The third-order valence-electron chi connectivity index (χ3n) is 5.77. The lowest BCUT2D eigenvalue weighted by Gasteiger charge is -2.29. The first-order valence-corrected chi connectivity index (χ1v) is 10.9. The number of H-pyrrole nitrogens is 1. The molecule has 7 nitrogen and oxygen atoms in total. The molecule has 1 unspecified atom stereocenters. The van der Waals surface area contributed by atoms with Crippen molar-refractivity contribution < 1.29 is 8.42 Å². The van der Waals surface area contributed by atoms with Crippen molar-refractivity contribution in [2.45, 2.75) is 56.4 Å². The molecule has 1 atom stereocenters. The summed E-state index contributed by atoms with van der Waals surface area (Å²) in [4.78, 5) is 26.7. The minimum absolute atomic E-state index is 0.0668. The third-order valence-corrected chi connectivity index (χ3v) is 7.74. The fourth-order valence-electron chi connectivity index (χ4n) is 3.90. The molecular formula is C19H27N3O4S. The molecule has 0 aliphatic heterocycles. The Bertz CT molecular complexity index is 1050. The maximum atomic E-state index is 13.1. The van der Waals surface area contributed by atoms with E-state index in [0.717, 1.165) is 23.8 Å². The van der Waals surface area contributed by atoms with Crippen LogP contribution in [-0.4, -0.2) is 35.4 Å². The van der Waals surface area contributed by atoms with Gasteiger partial charge in [-0.05, 0) is 37.5 Å². The van der Waals surface area contributed by atoms with Crippen LogP contribution in [0.25, 0.3) is 10.9 Å². The summed E-state index contributed by atoms with van der Waals surface area (Å²) in [6.07, 6.45) is 6.89. The molecule has 0 radical (unpaired) electrons.